The first-order chi connectivity index (χ1) is 9.55. The quantitative estimate of drug-likeness (QED) is 0.615. The van der Waals surface area contributed by atoms with E-state index < -0.39 is 11.9 Å². The van der Waals surface area contributed by atoms with Gasteiger partial charge in [-0.1, -0.05) is 13.0 Å². The third-order valence-corrected chi connectivity index (χ3v) is 2.44. The van der Waals surface area contributed by atoms with Crippen molar-refractivity contribution in [3.63, 3.8) is 0 Å². The maximum atomic E-state index is 11.5. The molecule has 0 saturated heterocycles. The van der Waals surface area contributed by atoms with Crippen molar-refractivity contribution >= 4 is 29.2 Å². The zero-order chi connectivity index (χ0) is 15.0. The molecule has 1 aromatic carbocycles. The first-order valence-corrected chi connectivity index (χ1v) is 6.31. The number of carbonyl (C=O) groups excluding carboxylic acids is 3. The first-order valence-electron chi connectivity index (χ1n) is 6.31. The minimum atomic E-state index is -0.602. The van der Waals surface area contributed by atoms with E-state index in [1.54, 1.807) is 24.3 Å². The summed E-state index contributed by atoms with van der Waals surface area (Å²) in [5, 5.41) is 5.29. The minimum Gasteiger partial charge on any atom is -0.469 e. The highest BCUT2D eigenvalue weighted by molar-refractivity contribution is 6.02. The molecule has 0 unspecified atom stereocenters. The van der Waals surface area contributed by atoms with Crippen molar-refractivity contribution in [2.75, 3.05) is 17.7 Å². The summed E-state index contributed by atoms with van der Waals surface area (Å²) in [5.41, 5.74) is 1.10. The Morgan fingerprint density at radius 3 is 2.25 bits per heavy atom. The highest BCUT2D eigenvalue weighted by Crippen LogP contribution is 2.15. The maximum Gasteiger partial charge on any atom is 0.315 e. The Kier molecular flexibility index (Phi) is 6.22. The molecule has 0 aromatic heterocycles. The van der Waals surface area contributed by atoms with Gasteiger partial charge in [-0.05, 0) is 24.6 Å². The van der Waals surface area contributed by atoms with E-state index in [1.165, 1.54) is 7.11 Å². The molecule has 1 aromatic rings. The standard InChI is InChI=1S/C14H18N2O4/c1-3-5-12(17)15-10-6-4-7-11(8-10)16-13(18)9-14(19)20-2/h4,6-8H,3,5,9H2,1-2H3,(H,15,17)(H,16,18). The molecule has 2 amide bonds. The topological polar surface area (TPSA) is 84.5 Å². The molecule has 20 heavy (non-hydrogen) atoms. The van der Waals surface area contributed by atoms with Crippen LogP contribution in [0.15, 0.2) is 24.3 Å². The number of esters is 1. The van der Waals surface area contributed by atoms with Crippen molar-refractivity contribution in [2.24, 2.45) is 0 Å². The molecule has 0 aliphatic heterocycles. The fraction of sp³-hybridized carbons (Fsp3) is 0.357. The fourth-order valence-electron chi connectivity index (χ4n) is 1.53. The van der Waals surface area contributed by atoms with E-state index in [1.807, 2.05) is 6.92 Å². The maximum absolute atomic E-state index is 11.5. The Hall–Kier alpha value is -2.37. The largest absolute Gasteiger partial charge is 0.469 e. The molecule has 2 N–H and O–H groups in total. The van der Waals surface area contributed by atoms with Crippen LogP contribution in [0.4, 0.5) is 11.4 Å². The third kappa shape index (κ3) is 5.51. The summed E-state index contributed by atoms with van der Waals surface area (Å²) in [6.07, 6.45) is 0.864. The minimum absolute atomic E-state index is 0.0782. The van der Waals surface area contributed by atoms with Crippen LogP contribution in [0.5, 0.6) is 0 Å². The van der Waals surface area contributed by atoms with Gasteiger partial charge >= 0.3 is 5.97 Å². The average Bonchev–Trinajstić information content (AvgIpc) is 2.38. The van der Waals surface area contributed by atoms with Crippen LogP contribution in [-0.2, 0) is 19.1 Å². The monoisotopic (exact) mass is 278 g/mol. The summed E-state index contributed by atoms with van der Waals surface area (Å²) in [6, 6.07) is 6.73. The van der Waals surface area contributed by atoms with Crippen molar-refractivity contribution in [3.05, 3.63) is 24.3 Å². The number of benzene rings is 1. The van der Waals surface area contributed by atoms with Crippen LogP contribution in [0, 0.1) is 0 Å². The van der Waals surface area contributed by atoms with Crippen molar-refractivity contribution in [1.29, 1.82) is 0 Å². The van der Waals surface area contributed by atoms with Crippen LogP contribution in [0.1, 0.15) is 26.2 Å². The molecule has 0 aliphatic rings. The molecule has 0 atom stereocenters. The van der Waals surface area contributed by atoms with Crippen LogP contribution in [0.3, 0.4) is 0 Å². The first kappa shape index (κ1) is 15.7. The Bertz CT molecular complexity index is 500. The summed E-state index contributed by atoms with van der Waals surface area (Å²) in [4.78, 5) is 33.9. The summed E-state index contributed by atoms with van der Waals surface area (Å²) < 4.78 is 4.41. The lowest BCUT2D eigenvalue weighted by molar-refractivity contribution is -0.142. The van der Waals surface area contributed by atoms with Gasteiger partial charge in [-0.25, -0.2) is 0 Å². The molecule has 6 heteroatoms. The molecule has 0 bridgehead atoms. The molecule has 0 fully saturated rings. The van der Waals surface area contributed by atoms with E-state index in [0.717, 1.165) is 6.42 Å². The SMILES string of the molecule is CCCC(=O)Nc1cccc(NC(=O)CC(=O)OC)c1. The molecule has 108 valence electrons. The lowest BCUT2D eigenvalue weighted by atomic mass is 10.2. The summed E-state index contributed by atoms with van der Waals surface area (Å²) in [5.74, 6) is -1.14. The zero-order valence-corrected chi connectivity index (χ0v) is 11.6. The van der Waals surface area contributed by atoms with E-state index >= 15 is 0 Å². The summed E-state index contributed by atoms with van der Waals surface area (Å²) in [6.45, 7) is 1.92. The number of hydrogen-bond donors (Lipinski definition) is 2. The Labute approximate surface area is 117 Å². The lowest BCUT2D eigenvalue weighted by Gasteiger charge is -2.08. The highest BCUT2D eigenvalue weighted by Gasteiger charge is 2.10. The van der Waals surface area contributed by atoms with E-state index in [9.17, 15) is 14.4 Å². The van der Waals surface area contributed by atoms with Gasteiger partial charge < -0.3 is 15.4 Å². The number of amides is 2. The lowest BCUT2D eigenvalue weighted by Crippen LogP contribution is -2.17. The predicted molar refractivity (Wildman–Crippen MR) is 75.2 cm³/mol. The van der Waals surface area contributed by atoms with Gasteiger partial charge in [0.25, 0.3) is 0 Å². The summed E-state index contributed by atoms with van der Waals surface area (Å²) in [7, 11) is 1.22. The number of methoxy groups -OCH3 is 1. The van der Waals surface area contributed by atoms with Crippen molar-refractivity contribution in [2.45, 2.75) is 26.2 Å². The number of hydrogen-bond acceptors (Lipinski definition) is 4. The molecule has 6 nitrogen and oxygen atoms in total. The van der Waals surface area contributed by atoms with Gasteiger partial charge in [0.1, 0.15) is 6.42 Å². The van der Waals surface area contributed by atoms with Crippen molar-refractivity contribution in [1.82, 2.24) is 0 Å². The molecule has 1 rings (SSSR count). The number of anilines is 2. The number of nitrogens with one attached hydrogen (secondary N) is 2. The smallest absolute Gasteiger partial charge is 0.315 e. The van der Waals surface area contributed by atoms with Gasteiger partial charge in [0.15, 0.2) is 0 Å². The van der Waals surface area contributed by atoms with Crippen LogP contribution in [0.25, 0.3) is 0 Å². The third-order valence-electron chi connectivity index (χ3n) is 2.44. The zero-order valence-electron chi connectivity index (χ0n) is 11.6. The Balaban J connectivity index is 2.61. The molecule has 0 saturated carbocycles. The van der Waals surface area contributed by atoms with E-state index in [0.29, 0.717) is 17.8 Å². The van der Waals surface area contributed by atoms with Gasteiger partial charge in [-0.15, -0.1) is 0 Å². The Morgan fingerprint density at radius 1 is 1.10 bits per heavy atom. The second-order valence-electron chi connectivity index (χ2n) is 4.18. The predicted octanol–water partition coefficient (Wildman–Crippen LogP) is 1.93. The Morgan fingerprint density at radius 2 is 1.70 bits per heavy atom. The highest BCUT2D eigenvalue weighted by atomic mass is 16.5. The van der Waals surface area contributed by atoms with Crippen LogP contribution in [0.2, 0.25) is 0 Å². The van der Waals surface area contributed by atoms with E-state index in [4.69, 9.17) is 0 Å². The van der Waals surface area contributed by atoms with Crippen LogP contribution in [-0.4, -0.2) is 24.9 Å². The van der Waals surface area contributed by atoms with E-state index in [-0.39, 0.29) is 12.3 Å². The van der Waals surface area contributed by atoms with Gasteiger partial charge in [0, 0.05) is 17.8 Å². The second kappa shape index (κ2) is 7.93. The summed E-state index contributed by atoms with van der Waals surface area (Å²) >= 11 is 0. The normalized spacial score (nSPS) is 9.70. The number of carbonyl (C=O) groups is 3. The van der Waals surface area contributed by atoms with Crippen molar-refractivity contribution < 1.29 is 19.1 Å². The second-order valence-corrected chi connectivity index (χ2v) is 4.18. The van der Waals surface area contributed by atoms with Gasteiger partial charge in [-0.3, -0.25) is 14.4 Å². The molecular formula is C14H18N2O4. The molecule has 0 radical (unpaired) electrons. The van der Waals surface area contributed by atoms with Gasteiger partial charge in [-0.2, -0.15) is 0 Å². The molecule has 0 aliphatic carbocycles. The van der Waals surface area contributed by atoms with Crippen LogP contribution < -0.4 is 10.6 Å². The molecule has 0 heterocycles. The number of ether oxygens (including phenoxy) is 1. The van der Waals surface area contributed by atoms with Crippen LogP contribution >= 0.6 is 0 Å². The van der Waals surface area contributed by atoms with Gasteiger partial charge in [0.2, 0.25) is 11.8 Å². The average molecular weight is 278 g/mol. The van der Waals surface area contributed by atoms with E-state index in [2.05, 4.69) is 15.4 Å². The molecule has 0 spiro atoms. The van der Waals surface area contributed by atoms with Crippen molar-refractivity contribution in [3.8, 4) is 0 Å². The molecular weight excluding hydrogens is 260 g/mol. The van der Waals surface area contributed by atoms with Gasteiger partial charge in [0.05, 0.1) is 7.11 Å². The fourth-order valence-corrected chi connectivity index (χ4v) is 1.53. The number of rotatable bonds is 6.